The van der Waals surface area contributed by atoms with Crippen LogP contribution in [0.25, 0.3) is 0 Å². The number of nitrogens with one attached hydrogen (secondary N) is 1. The minimum Gasteiger partial charge on any atom is -0.479 e. The summed E-state index contributed by atoms with van der Waals surface area (Å²) < 4.78 is 11.3. The van der Waals surface area contributed by atoms with E-state index in [1.54, 1.807) is 25.1 Å². The van der Waals surface area contributed by atoms with E-state index >= 15 is 0 Å². The Labute approximate surface area is 183 Å². The van der Waals surface area contributed by atoms with Crippen molar-refractivity contribution in [3.05, 3.63) is 53.6 Å². The lowest BCUT2D eigenvalue weighted by Crippen LogP contribution is -2.35. The highest BCUT2D eigenvalue weighted by Crippen LogP contribution is 2.32. The van der Waals surface area contributed by atoms with Crippen LogP contribution < -0.4 is 20.7 Å². The van der Waals surface area contributed by atoms with Crippen LogP contribution in [0, 0.1) is 0 Å². The number of benzene rings is 2. The molecule has 2 unspecified atom stereocenters. The van der Waals surface area contributed by atoms with E-state index < -0.39 is 23.7 Å². The lowest BCUT2D eigenvalue weighted by Gasteiger charge is -2.28. The number of fused-ring (bicyclic) bond motifs is 1. The molecular formula is C24H31N3O4. The summed E-state index contributed by atoms with van der Waals surface area (Å²) in [6.07, 6.45) is 0.888. The van der Waals surface area contributed by atoms with Crippen LogP contribution in [0.2, 0.25) is 0 Å². The van der Waals surface area contributed by atoms with Gasteiger partial charge in [0.05, 0.1) is 5.69 Å². The zero-order chi connectivity index (χ0) is 22.8. The van der Waals surface area contributed by atoms with Crippen LogP contribution in [-0.4, -0.2) is 37.7 Å². The Morgan fingerprint density at radius 3 is 2.55 bits per heavy atom. The highest BCUT2D eigenvalue weighted by molar-refractivity contribution is 5.97. The number of hydrogen-bond acceptors (Lipinski definition) is 6. The van der Waals surface area contributed by atoms with E-state index in [2.05, 4.69) is 34.5 Å². The van der Waals surface area contributed by atoms with Crippen molar-refractivity contribution in [1.82, 2.24) is 0 Å². The number of aryl methyl sites for hydroxylation is 1. The fraction of sp³-hybridized carbons (Fsp3) is 0.417. The molecule has 166 valence electrons. The molecule has 0 fully saturated rings. The van der Waals surface area contributed by atoms with Crippen LogP contribution in [0.4, 0.5) is 11.4 Å². The molecule has 3 N–H and O–H groups in total. The van der Waals surface area contributed by atoms with Crippen molar-refractivity contribution in [2.75, 3.05) is 24.3 Å². The van der Waals surface area contributed by atoms with Gasteiger partial charge in [0.1, 0.15) is 17.4 Å². The number of carbonyl (C=O) groups excluding carboxylic acids is 2. The maximum atomic E-state index is 12.7. The Bertz CT molecular complexity index is 954. The third-order valence-corrected chi connectivity index (χ3v) is 5.39. The van der Waals surface area contributed by atoms with Crippen LogP contribution in [-0.2, 0) is 20.7 Å². The predicted molar refractivity (Wildman–Crippen MR) is 121 cm³/mol. The fourth-order valence-corrected chi connectivity index (χ4v) is 3.35. The number of esters is 1. The molecule has 3 rings (SSSR count). The molecule has 2 aromatic carbocycles. The van der Waals surface area contributed by atoms with Gasteiger partial charge in [-0.1, -0.05) is 18.2 Å². The Kier molecular flexibility index (Phi) is 6.55. The average Bonchev–Trinajstić information content (AvgIpc) is 2.72. The first-order valence-corrected chi connectivity index (χ1v) is 10.4. The topological polar surface area (TPSA) is 93.9 Å². The molecule has 0 radical (unpaired) electrons. The van der Waals surface area contributed by atoms with Gasteiger partial charge in [-0.3, -0.25) is 4.79 Å². The molecule has 31 heavy (non-hydrogen) atoms. The van der Waals surface area contributed by atoms with Crippen molar-refractivity contribution in [3.8, 4) is 5.75 Å². The molecule has 0 bridgehead atoms. The molecule has 0 saturated heterocycles. The summed E-state index contributed by atoms with van der Waals surface area (Å²) >= 11 is 0. The summed E-state index contributed by atoms with van der Waals surface area (Å²) in [7, 11) is 4.01. The fourth-order valence-electron chi connectivity index (χ4n) is 3.35. The molecule has 1 aliphatic heterocycles. The number of rotatable bonds is 7. The third kappa shape index (κ3) is 5.55. The van der Waals surface area contributed by atoms with Crippen molar-refractivity contribution in [2.24, 2.45) is 5.73 Å². The summed E-state index contributed by atoms with van der Waals surface area (Å²) in [5.74, 6) is -0.193. The van der Waals surface area contributed by atoms with Gasteiger partial charge in [-0.05, 0) is 69.0 Å². The molecule has 1 aliphatic rings. The van der Waals surface area contributed by atoms with Crippen LogP contribution in [0.3, 0.4) is 0 Å². The smallest absolute Gasteiger partial charge is 0.328 e. The lowest BCUT2D eigenvalue weighted by molar-refractivity contribution is -0.158. The zero-order valence-electron chi connectivity index (χ0n) is 18.8. The first-order chi connectivity index (χ1) is 14.6. The first-order valence-electron chi connectivity index (χ1n) is 10.4. The Morgan fingerprint density at radius 2 is 1.90 bits per heavy atom. The van der Waals surface area contributed by atoms with Crippen LogP contribution in [0.5, 0.6) is 5.75 Å². The van der Waals surface area contributed by atoms with Gasteiger partial charge >= 0.3 is 5.97 Å². The van der Waals surface area contributed by atoms with Crippen molar-refractivity contribution in [2.45, 2.75) is 51.4 Å². The van der Waals surface area contributed by atoms with Crippen molar-refractivity contribution in [3.63, 3.8) is 0 Å². The summed E-state index contributed by atoms with van der Waals surface area (Å²) in [4.78, 5) is 26.6. The highest BCUT2D eigenvalue weighted by atomic mass is 16.6. The lowest BCUT2D eigenvalue weighted by atomic mass is 9.98. The standard InChI is InChI=1S/C24H31N3O4/c1-15-22(28)26-19-14-17(8-11-20(19)30-15)21(25)23(29)31-24(2,3)13-12-16-6-9-18(10-7-16)27(4)5/h6-11,14-15,21H,12-13,25H2,1-5H3,(H,26,28). The quantitative estimate of drug-likeness (QED) is 0.660. The molecule has 7 heteroatoms. The summed E-state index contributed by atoms with van der Waals surface area (Å²) in [5, 5.41) is 2.77. The average molecular weight is 426 g/mol. The van der Waals surface area contributed by atoms with E-state index in [0.717, 1.165) is 12.1 Å². The Balaban J connectivity index is 1.60. The van der Waals surface area contributed by atoms with Crippen LogP contribution in [0.15, 0.2) is 42.5 Å². The molecule has 0 spiro atoms. The SMILES string of the molecule is CC1Oc2ccc(C(N)C(=O)OC(C)(C)CCc3ccc(N(C)C)cc3)cc2NC1=O. The molecule has 7 nitrogen and oxygen atoms in total. The monoisotopic (exact) mass is 425 g/mol. The molecule has 1 heterocycles. The Hall–Kier alpha value is -3.06. The van der Waals surface area contributed by atoms with Crippen LogP contribution >= 0.6 is 0 Å². The van der Waals surface area contributed by atoms with Gasteiger partial charge in [-0.2, -0.15) is 0 Å². The number of hydrogen-bond donors (Lipinski definition) is 2. The van der Waals surface area contributed by atoms with Gasteiger partial charge in [0.2, 0.25) is 0 Å². The van der Waals surface area contributed by atoms with E-state index in [1.807, 2.05) is 27.9 Å². The number of carbonyl (C=O) groups is 2. The van der Waals surface area contributed by atoms with Gasteiger partial charge in [0, 0.05) is 19.8 Å². The third-order valence-electron chi connectivity index (χ3n) is 5.39. The largest absolute Gasteiger partial charge is 0.479 e. The second kappa shape index (κ2) is 8.98. The Morgan fingerprint density at radius 1 is 1.23 bits per heavy atom. The highest BCUT2D eigenvalue weighted by Gasteiger charge is 2.29. The maximum Gasteiger partial charge on any atom is 0.328 e. The van der Waals surface area contributed by atoms with Gasteiger partial charge < -0.3 is 25.4 Å². The number of amides is 1. The molecule has 1 amide bonds. The predicted octanol–water partition coefficient (Wildman–Crippen LogP) is 3.43. The first kappa shape index (κ1) is 22.6. The number of ether oxygens (including phenoxy) is 2. The summed E-state index contributed by atoms with van der Waals surface area (Å²) in [5.41, 5.74) is 8.87. The van der Waals surface area contributed by atoms with E-state index in [1.165, 1.54) is 5.56 Å². The van der Waals surface area contributed by atoms with E-state index in [4.69, 9.17) is 15.2 Å². The van der Waals surface area contributed by atoms with Crippen molar-refractivity contribution >= 4 is 23.3 Å². The molecule has 0 aliphatic carbocycles. The second-order valence-electron chi connectivity index (χ2n) is 8.72. The van der Waals surface area contributed by atoms with Crippen LogP contribution in [0.1, 0.15) is 44.4 Å². The molecule has 0 saturated carbocycles. The van der Waals surface area contributed by atoms with Gasteiger partial charge in [-0.25, -0.2) is 4.79 Å². The number of anilines is 2. The molecule has 2 aromatic rings. The maximum absolute atomic E-state index is 12.7. The van der Waals surface area contributed by atoms with Gasteiger partial charge in [0.25, 0.3) is 5.91 Å². The zero-order valence-corrected chi connectivity index (χ0v) is 18.8. The van der Waals surface area contributed by atoms with Gasteiger partial charge in [0.15, 0.2) is 6.10 Å². The summed E-state index contributed by atoms with van der Waals surface area (Å²) in [6, 6.07) is 12.4. The van der Waals surface area contributed by atoms with Crippen molar-refractivity contribution < 1.29 is 19.1 Å². The molecule has 2 atom stereocenters. The molecule has 0 aromatic heterocycles. The van der Waals surface area contributed by atoms with E-state index in [9.17, 15) is 9.59 Å². The minimum absolute atomic E-state index is 0.236. The summed E-state index contributed by atoms with van der Waals surface area (Å²) in [6.45, 7) is 5.44. The number of nitrogens with zero attached hydrogens (tertiary/aromatic N) is 1. The van der Waals surface area contributed by atoms with Gasteiger partial charge in [-0.15, -0.1) is 0 Å². The molecular weight excluding hydrogens is 394 g/mol. The number of nitrogens with two attached hydrogens (primary N) is 1. The van der Waals surface area contributed by atoms with E-state index in [-0.39, 0.29) is 5.91 Å². The normalized spacial score (nSPS) is 16.6. The van der Waals surface area contributed by atoms with E-state index in [0.29, 0.717) is 23.4 Å². The van der Waals surface area contributed by atoms with Crippen molar-refractivity contribution in [1.29, 1.82) is 0 Å². The minimum atomic E-state index is -0.958. The second-order valence-corrected chi connectivity index (χ2v) is 8.72.